The summed E-state index contributed by atoms with van der Waals surface area (Å²) >= 11 is 0. The lowest BCUT2D eigenvalue weighted by Gasteiger charge is -2.23. The van der Waals surface area contributed by atoms with Gasteiger partial charge in [-0.25, -0.2) is 0 Å². The third-order valence-corrected chi connectivity index (χ3v) is 2.52. The lowest BCUT2D eigenvalue weighted by atomic mass is 9.82. The Morgan fingerprint density at radius 3 is 2.21 bits per heavy atom. The third-order valence-electron chi connectivity index (χ3n) is 2.52. The van der Waals surface area contributed by atoms with Gasteiger partial charge < -0.3 is 9.90 Å². The number of phenolic OH excluding ortho intramolecular Hbond substituents is 1. The molecular formula is C12H18O2. The number of rotatable bonds is 2. The summed E-state index contributed by atoms with van der Waals surface area (Å²) < 4.78 is 0. The molecule has 0 saturated heterocycles. The second-order valence-corrected chi connectivity index (χ2v) is 3.75. The van der Waals surface area contributed by atoms with Gasteiger partial charge >= 0.3 is 0 Å². The van der Waals surface area contributed by atoms with Crippen molar-refractivity contribution in [1.82, 2.24) is 0 Å². The fourth-order valence-corrected chi connectivity index (χ4v) is 1.24. The van der Waals surface area contributed by atoms with Crippen molar-refractivity contribution < 1.29 is 9.90 Å². The molecule has 0 aliphatic rings. The first kappa shape index (κ1) is 12.7. The molecule has 0 aromatic heterocycles. The topological polar surface area (TPSA) is 37.3 Å². The van der Waals surface area contributed by atoms with E-state index in [-0.39, 0.29) is 5.41 Å². The first-order chi connectivity index (χ1) is 6.58. The van der Waals surface area contributed by atoms with Crippen LogP contribution in [-0.2, 0) is 10.2 Å². The molecule has 1 rings (SSSR count). The van der Waals surface area contributed by atoms with Crippen molar-refractivity contribution in [3.63, 3.8) is 0 Å². The Kier molecular flexibility index (Phi) is 4.92. The summed E-state index contributed by atoms with van der Waals surface area (Å²) in [7, 11) is 0. The zero-order valence-corrected chi connectivity index (χ0v) is 9.08. The van der Waals surface area contributed by atoms with Crippen LogP contribution in [0.4, 0.5) is 0 Å². The number of para-hydroxylation sites is 1. The highest BCUT2D eigenvalue weighted by atomic mass is 16.3. The van der Waals surface area contributed by atoms with Crippen molar-refractivity contribution in [2.75, 3.05) is 0 Å². The molecular weight excluding hydrogens is 176 g/mol. The van der Waals surface area contributed by atoms with Gasteiger partial charge in [0, 0.05) is 0 Å². The van der Waals surface area contributed by atoms with E-state index in [1.807, 2.05) is 25.0 Å². The van der Waals surface area contributed by atoms with Crippen LogP contribution in [-0.4, -0.2) is 11.9 Å². The quantitative estimate of drug-likeness (QED) is 0.786. The molecule has 0 aliphatic carbocycles. The molecule has 2 nitrogen and oxygen atoms in total. The first-order valence-electron chi connectivity index (χ1n) is 4.65. The average molecular weight is 194 g/mol. The van der Waals surface area contributed by atoms with Crippen LogP contribution < -0.4 is 0 Å². The maximum absolute atomic E-state index is 9.58. The molecule has 78 valence electrons. The molecule has 1 aromatic carbocycles. The van der Waals surface area contributed by atoms with Crippen LogP contribution in [0.5, 0.6) is 5.75 Å². The minimum atomic E-state index is 0.0747. The zero-order valence-electron chi connectivity index (χ0n) is 9.08. The molecule has 0 aliphatic heterocycles. The number of phenols is 1. The second kappa shape index (κ2) is 5.43. The fraction of sp³-hybridized carbons (Fsp3) is 0.417. The highest BCUT2D eigenvalue weighted by Gasteiger charge is 2.20. The van der Waals surface area contributed by atoms with Crippen molar-refractivity contribution in [1.29, 1.82) is 0 Å². The minimum Gasteiger partial charge on any atom is -0.508 e. The molecule has 0 atom stereocenters. The predicted octanol–water partition coefficient (Wildman–Crippen LogP) is 2.89. The van der Waals surface area contributed by atoms with Gasteiger partial charge in [-0.15, -0.1) is 0 Å². The van der Waals surface area contributed by atoms with Crippen molar-refractivity contribution in [2.24, 2.45) is 0 Å². The smallest absolute Gasteiger partial charge is 0.119 e. The van der Waals surface area contributed by atoms with E-state index in [4.69, 9.17) is 4.79 Å². The van der Waals surface area contributed by atoms with Crippen LogP contribution >= 0.6 is 0 Å². The SMILES string of the molecule is C=O.CCC(C)(C)c1ccccc1O. The number of aromatic hydroxyl groups is 1. The van der Waals surface area contributed by atoms with Crippen molar-refractivity contribution >= 4 is 6.79 Å². The summed E-state index contributed by atoms with van der Waals surface area (Å²) in [6.07, 6.45) is 1.03. The maximum Gasteiger partial charge on any atom is 0.119 e. The summed E-state index contributed by atoms with van der Waals surface area (Å²) in [5.41, 5.74) is 1.11. The van der Waals surface area contributed by atoms with Crippen LogP contribution in [0, 0.1) is 0 Å². The number of benzene rings is 1. The van der Waals surface area contributed by atoms with Gasteiger partial charge in [-0.3, -0.25) is 0 Å². The molecule has 0 heterocycles. The molecule has 0 bridgehead atoms. The summed E-state index contributed by atoms with van der Waals surface area (Å²) in [5.74, 6) is 0.407. The van der Waals surface area contributed by atoms with E-state index in [9.17, 15) is 5.11 Å². The van der Waals surface area contributed by atoms with Gasteiger partial charge in [0.1, 0.15) is 12.5 Å². The Morgan fingerprint density at radius 2 is 1.79 bits per heavy atom. The second-order valence-electron chi connectivity index (χ2n) is 3.75. The summed E-state index contributed by atoms with van der Waals surface area (Å²) in [6.45, 7) is 8.41. The Bertz CT molecular complexity index is 279. The molecule has 14 heavy (non-hydrogen) atoms. The Balaban J connectivity index is 0.000000791. The average Bonchev–Trinajstić information content (AvgIpc) is 2.21. The highest BCUT2D eigenvalue weighted by molar-refractivity contribution is 5.37. The lowest BCUT2D eigenvalue weighted by Crippen LogP contribution is -2.15. The predicted molar refractivity (Wildman–Crippen MR) is 58.5 cm³/mol. The molecule has 0 amide bonds. The molecule has 2 heteroatoms. The molecule has 0 fully saturated rings. The van der Waals surface area contributed by atoms with E-state index < -0.39 is 0 Å². The molecule has 1 N–H and O–H groups in total. The largest absolute Gasteiger partial charge is 0.508 e. The van der Waals surface area contributed by atoms with Crippen molar-refractivity contribution in [2.45, 2.75) is 32.6 Å². The van der Waals surface area contributed by atoms with Crippen molar-refractivity contribution in [3.05, 3.63) is 29.8 Å². The normalized spacial score (nSPS) is 10.2. The van der Waals surface area contributed by atoms with E-state index in [0.717, 1.165) is 12.0 Å². The molecule has 0 spiro atoms. The number of hydrogen-bond acceptors (Lipinski definition) is 2. The highest BCUT2D eigenvalue weighted by Crippen LogP contribution is 2.32. The summed E-state index contributed by atoms with van der Waals surface area (Å²) in [5, 5.41) is 9.58. The number of hydrogen-bond donors (Lipinski definition) is 1. The van der Waals surface area contributed by atoms with Crippen molar-refractivity contribution in [3.8, 4) is 5.75 Å². The van der Waals surface area contributed by atoms with E-state index in [2.05, 4.69) is 20.8 Å². The number of carbonyl (C=O) groups excluding carboxylic acids is 1. The molecule has 0 unspecified atom stereocenters. The summed E-state index contributed by atoms with van der Waals surface area (Å²) in [6, 6.07) is 7.54. The van der Waals surface area contributed by atoms with Gasteiger partial charge in [0.25, 0.3) is 0 Å². The van der Waals surface area contributed by atoms with Crippen LogP contribution in [0.2, 0.25) is 0 Å². The monoisotopic (exact) mass is 194 g/mol. The standard InChI is InChI=1S/C11H16O.CH2O/c1-4-11(2,3)9-7-5-6-8-10(9)12;1-2/h5-8,12H,4H2,1-3H3;1H2. The molecule has 0 saturated carbocycles. The van der Waals surface area contributed by atoms with E-state index in [1.54, 1.807) is 6.07 Å². The Hall–Kier alpha value is -1.31. The first-order valence-corrected chi connectivity index (χ1v) is 4.65. The van der Waals surface area contributed by atoms with Gasteiger partial charge in [0.15, 0.2) is 0 Å². The summed E-state index contributed by atoms with van der Waals surface area (Å²) in [4.78, 5) is 8.00. The minimum absolute atomic E-state index is 0.0747. The lowest BCUT2D eigenvalue weighted by molar-refractivity contribution is -0.0979. The molecule has 1 aromatic rings. The van der Waals surface area contributed by atoms with Gasteiger partial charge in [-0.05, 0) is 23.5 Å². The van der Waals surface area contributed by atoms with Crippen LogP contribution in [0.15, 0.2) is 24.3 Å². The van der Waals surface area contributed by atoms with Crippen LogP contribution in [0.1, 0.15) is 32.8 Å². The number of carbonyl (C=O) groups is 1. The Labute approximate surface area is 85.6 Å². The molecule has 0 radical (unpaired) electrons. The van der Waals surface area contributed by atoms with E-state index >= 15 is 0 Å². The van der Waals surface area contributed by atoms with E-state index in [1.165, 1.54) is 0 Å². The van der Waals surface area contributed by atoms with Gasteiger partial charge in [0.2, 0.25) is 0 Å². The van der Waals surface area contributed by atoms with Crippen LogP contribution in [0.25, 0.3) is 0 Å². The van der Waals surface area contributed by atoms with Gasteiger partial charge in [0.05, 0.1) is 0 Å². The van der Waals surface area contributed by atoms with Gasteiger partial charge in [-0.2, -0.15) is 0 Å². The fourth-order valence-electron chi connectivity index (χ4n) is 1.24. The Morgan fingerprint density at radius 1 is 1.29 bits per heavy atom. The van der Waals surface area contributed by atoms with Gasteiger partial charge in [-0.1, -0.05) is 39.0 Å². The maximum atomic E-state index is 9.58. The van der Waals surface area contributed by atoms with Crippen LogP contribution in [0.3, 0.4) is 0 Å². The third kappa shape index (κ3) is 2.87. The zero-order chi connectivity index (χ0) is 11.2. The van der Waals surface area contributed by atoms with E-state index in [0.29, 0.717) is 5.75 Å².